The van der Waals surface area contributed by atoms with E-state index in [1.54, 1.807) is 0 Å². The molecular weight excluding hydrogens is 302 g/mol. The summed E-state index contributed by atoms with van der Waals surface area (Å²) < 4.78 is 5.71. The molecule has 3 rings (SSSR count). The van der Waals surface area contributed by atoms with E-state index < -0.39 is 0 Å². The third-order valence-electron chi connectivity index (χ3n) is 3.79. The van der Waals surface area contributed by atoms with Crippen LogP contribution in [0.2, 0.25) is 0 Å². The molecule has 3 heteroatoms. The third-order valence-corrected chi connectivity index (χ3v) is 4.11. The number of ether oxygens (including phenoxy) is 1. The van der Waals surface area contributed by atoms with Crippen LogP contribution in [0.3, 0.4) is 0 Å². The van der Waals surface area contributed by atoms with Crippen LogP contribution in [-0.4, -0.2) is 11.1 Å². The van der Waals surface area contributed by atoms with Crippen molar-refractivity contribution in [1.82, 2.24) is 0 Å². The van der Waals surface area contributed by atoms with Crippen molar-refractivity contribution in [2.24, 2.45) is 0 Å². The van der Waals surface area contributed by atoms with Crippen LogP contribution in [0.5, 0.6) is 0 Å². The van der Waals surface area contributed by atoms with E-state index >= 15 is 0 Å². The van der Waals surface area contributed by atoms with E-state index in [1.807, 2.05) is 42.5 Å². The number of rotatable bonds is 5. The molecule has 2 aromatic rings. The van der Waals surface area contributed by atoms with E-state index in [-0.39, 0.29) is 0 Å². The number of benzene rings is 2. The summed E-state index contributed by atoms with van der Waals surface area (Å²) in [6, 6.07) is 21.0. The van der Waals surface area contributed by atoms with Crippen molar-refractivity contribution >= 4 is 23.0 Å². The molecule has 1 heterocycles. The molecule has 0 amide bonds. The Bertz CT molecular complexity index is 735. The number of hydrogen-bond acceptors (Lipinski definition) is 2. The maximum atomic E-state index is 5.71. The van der Waals surface area contributed by atoms with Crippen molar-refractivity contribution in [2.45, 2.75) is 19.4 Å². The van der Waals surface area contributed by atoms with Gasteiger partial charge >= 0.3 is 0 Å². The van der Waals surface area contributed by atoms with Gasteiger partial charge in [-0.3, -0.25) is 0 Å². The van der Waals surface area contributed by atoms with Gasteiger partial charge in [0.15, 0.2) is 0 Å². The lowest BCUT2D eigenvalue weighted by atomic mass is 10.1. The standard InChI is InChI=1S/C20H19NOS/c1-15(12-16-8-4-2-5-9-16)21-14-18-13-19(22-20(18)23)17-10-6-3-7-11-17/h2-11,13-15,21H,12H2,1H3/p+1/b18-14+/t15-/m1/s1. The molecule has 23 heavy (non-hydrogen) atoms. The van der Waals surface area contributed by atoms with Gasteiger partial charge in [0, 0.05) is 12.0 Å². The molecule has 2 N–H and O–H groups in total. The first-order valence-corrected chi connectivity index (χ1v) is 8.21. The quantitative estimate of drug-likeness (QED) is 0.674. The fourth-order valence-corrected chi connectivity index (χ4v) is 2.79. The maximum Gasteiger partial charge on any atom is 0.203 e. The van der Waals surface area contributed by atoms with Gasteiger partial charge in [-0.2, -0.15) is 0 Å². The fourth-order valence-electron chi connectivity index (χ4n) is 2.57. The summed E-state index contributed by atoms with van der Waals surface area (Å²) in [4.78, 5) is 0. The number of hydrogen-bond donors (Lipinski definition) is 1. The lowest BCUT2D eigenvalue weighted by Gasteiger charge is -2.07. The number of quaternary nitrogens is 1. The van der Waals surface area contributed by atoms with Crippen molar-refractivity contribution in [1.29, 1.82) is 0 Å². The van der Waals surface area contributed by atoms with Gasteiger partial charge in [-0.25, -0.2) is 0 Å². The average Bonchev–Trinajstić information content (AvgIpc) is 2.96. The Kier molecular flexibility index (Phi) is 5.01. The monoisotopic (exact) mass is 322 g/mol. The highest BCUT2D eigenvalue weighted by molar-refractivity contribution is 7.80. The van der Waals surface area contributed by atoms with Crippen molar-refractivity contribution in [3.05, 3.63) is 89.6 Å². The topological polar surface area (TPSA) is 25.8 Å². The Balaban J connectivity index is 1.65. The fraction of sp³-hybridized carbons (Fsp3) is 0.150. The van der Waals surface area contributed by atoms with E-state index in [0.717, 1.165) is 23.3 Å². The molecule has 2 nitrogen and oxygen atoms in total. The lowest BCUT2D eigenvalue weighted by Crippen LogP contribution is -2.84. The highest BCUT2D eigenvalue weighted by Crippen LogP contribution is 2.26. The molecular formula is C20H20NOS+. The molecule has 0 aliphatic carbocycles. The number of nitrogens with two attached hydrogens (primary N) is 1. The molecule has 0 unspecified atom stereocenters. The smallest absolute Gasteiger partial charge is 0.203 e. The Morgan fingerprint density at radius 1 is 1.04 bits per heavy atom. The molecule has 0 fully saturated rings. The second-order valence-corrected chi connectivity index (χ2v) is 6.12. The van der Waals surface area contributed by atoms with E-state index in [9.17, 15) is 0 Å². The van der Waals surface area contributed by atoms with Crippen LogP contribution in [0.25, 0.3) is 5.76 Å². The van der Waals surface area contributed by atoms with E-state index in [1.165, 1.54) is 5.56 Å². The number of thiocarbonyl (C=S) groups is 1. The second-order valence-electron chi connectivity index (χ2n) is 5.75. The van der Waals surface area contributed by atoms with Crippen molar-refractivity contribution in [2.75, 3.05) is 0 Å². The normalized spacial score (nSPS) is 17.0. The highest BCUT2D eigenvalue weighted by Gasteiger charge is 2.20. The molecule has 2 aromatic carbocycles. The lowest BCUT2D eigenvalue weighted by molar-refractivity contribution is -0.622. The SMILES string of the molecule is C[C@H](Cc1ccccc1)[NH2+]/C=C1\C=C(c2ccccc2)OC1=S. The Labute approximate surface area is 142 Å². The molecule has 116 valence electrons. The largest absolute Gasteiger partial charge is 0.444 e. The van der Waals surface area contributed by atoms with Gasteiger partial charge in [-0.1, -0.05) is 60.7 Å². The summed E-state index contributed by atoms with van der Waals surface area (Å²) in [5.74, 6) is 0.825. The summed E-state index contributed by atoms with van der Waals surface area (Å²) in [6.45, 7) is 2.21. The van der Waals surface area contributed by atoms with Gasteiger partial charge in [0.1, 0.15) is 12.0 Å². The second kappa shape index (κ2) is 7.36. The minimum atomic E-state index is 0.446. The zero-order valence-corrected chi connectivity index (χ0v) is 13.9. The minimum absolute atomic E-state index is 0.446. The summed E-state index contributed by atoms with van der Waals surface area (Å²) in [6.07, 6.45) is 5.11. The van der Waals surface area contributed by atoms with E-state index in [0.29, 0.717) is 11.1 Å². The van der Waals surface area contributed by atoms with Gasteiger partial charge < -0.3 is 10.1 Å². The molecule has 0 bridgehead atoms. The summed E-state index contributed by atoms with van der Waals surface area (Å²) in [7, 11) is 0. The third kappa shape index (κ3) is 4.15. The van der Waals surface area contributed by atoms with Gasteiger partial charge in [0.2, 0.25) is 5.05 Å². The summed E-state index contributed by atoms with van der Waals surface area (Å²) in [5, 5.41) is 2.75. The Morgan fingerprint density at radius 2 is 1.70 bits per heavy atom. The average molecular weight is 322 g/mol. The van der Waals surface area contributed by atoms with Crippen molar-refractivity contribution in [3.63, 3.8) is 0 Å². The summed E-state index contributed by atoms with van der Waals surface area (Å²) >= 11 is 5.34. The van der Waals surface area contributed by atoms with Crippen LogP contribution in [-0.2, 0) is 11.2 Å². The molecule has 0 saturated heterocycles. The Hall–Kier alpha value is -2.23. The van der Waals surface area contributed by atoms with Crippen LogP contribution in [0, 0.1) is 0 Å². The van der Waals surface area contributed by atoms with Crippen LogP contribution in [0.15, 0.2) is 78.5 Å². The van der Waals surface area contributed by atoms with Gasteiger partial charge in [0.25, 0.3) is 0 Å². The molecule has 0 saturated carbocycles. The van der Waals surface area contributed by atoms with Gasteiger partial charge in [-0.15, -0.1) is 0 Å². The van der Waals surface area contributed by atoms with Crippen molar-refractivity contribution in [3.8, 4) is 0 Å². The zero-order chi connectivity index (χ0) is 16.1. The van der Waals surface area contributed by atoms with Crippen LogP contribution < -0.4 is 5.32 Å². The molecule has 0 aromatic heterocycles. The van der Waals surface area contributed by atoms with Gasteiger partial charge in [-0.05, 0) is 30.8 Å². The van der Waals surface area contributed by atoms with Crippen LogP contribution in [0.4, 0.5) is 0 Å². The predicted octanol–water partition coefficient (Wildman–Crippen LogP) is 3.46. The Morgan fingerprint density at radius 3 is 2.39 bits per heavy atom. The first-order valence-electron chi connectivity index (χ1n) is 7.81. The van der Waals surface area contributed by atoms with E-state index in [4.69, 9.17) is 17.0 Å². The minimum Gasteiger partial charge on any atom is -0.444 e. The van der Waals surface area contributed by atoms with Crippen molar-refractivity contribution < 1.29 is 10.1 Å². The molecule has 0 radical (unpaired) electrons. The molecule has 1 atom stereocenters. The molecule has 1 aliphatic rings. The first-order chi connectivity index (χ1) is 11.2. The van der Waals surface area contributed by atoms with Crippen LogP contribution >= 0.6 is 12.2 Å². The zero-order valence-electron chi connectivity index (χ0n) is 13.1. The first kappa shape index (κ1) is 15.7. The highest BCUT2D eigenvalue weighted by atomic mass is 32.1. The van der Waals surface area contributed by atoms with E-state index in [2.05, 4.69) is 42.7 Å². The molecule has 1 aliphatic heterocycles. The molecule has 0 spiro atoms. The maximum absolute atomic E-state index is 5.71. The van der Waals surface area contributed by atoms with Gasteiger partial charge in [0.05, 0.1) is 11.6 Å². The summed E-state index contributed by atoms with van der Waals surface area (Å²) in [5.41, 5.74) is 3.37. The van der Waals surface area contributed by atoms with Crippen LogP contribution in [0.1, 0.15) is 18.1 Å². The predicted molar refractivity (Wildman–Crippen MR) is 97.7 cm³/mol.